The SMILES string of the molecule is O=CC(=O)c1oc(O)c2ccccc12. The van der Waals surface area contributed by atoms with E-state index in [0.29, 0.717) is 10.8 Å². The van der Waals surface area contributed by atoms with Crippen LogP contribution in [0.1, 0.15) is 10.6 Å². The van der Waals surface area contributed by atoms with E-state index in [1.165, 1.54) is 0 Å². The van der Waals surface area contributed by atoms with Gasteiger partial charge in [-0.25, -0.2) is 0 Å². The van der Waals surface area contributed by atoms with Gasteiger partial charge in [0, 0.05) is 5.39 Å². The van der Waals surface area contributed by atoms with Gasteiger partial charge >= 0.3 is 0 Å². The molecule has 4 heteroatoms. The fraction of sp³-hybridized carbons (Fsp3) is 0. The predicted molar refractivity (Wildman–Crippen MR) is 48.3 cm³/mol. The summed E-state index contributed by atoms with van der Waals surface area (Å²) in [5.74, 6) is -1.24. The van der Waals surface area contributed by atoms with Gasteiger partial charge < -0.3 is 9.52 Å². The lowest BCUT2D eigenvalue weighted by Crippen LogP contribution is -1.97. The molecule has 14 heavy (non-hydrogen) atoms. The molecule has 0 aliphatic carbocycles. The summed E-state index contributed by atoms with van der Waals surface area (Å²) in [6, 6.07) is 6.61. The molecule has 70 valence electrons. The van der Waals surface area contributed by atoms with Gasteiger partial charge in [0.25, 0.3) is 11.7 Å². The fourth-order valence-electron chi connectivity index (χ4n) is 1.31. The zero-order chi connectivity index (χ0) is 10.1. The van der Waals surface area contributed by atoms with Gasteiger partial charge in [0.15, 0.2) is 12.0 Å². The highest BCUT2D eigenvalue weighted by atomic mass is 16.5. The van der Waals surface area contributed by atoms with Crippen molar-refractivity contribution in [3.05, 3.63) is 30.0 Å². The Morgan fingerprint density at radius 1 is 1.29 bits per heavy atom. The molecule has 0 amide bonds. The van der Waals surface area contributed by atoms with Crippen molar-refractivity contribution in [1.82, 2.24) is 0 Å². The van der Waals surface area contributed by atoms with Crippen molar-refractivity contribution in [3.8, 4) is 5.95 Å². The Bertz CT molecular complexity index is 510. The first-order valence-corrected chi connectivity index (χ1v) is 3.94. The largest absolute Gasteiger partial charge is 0.480 e. The molecule has 1 N–H and O–H groups in total. The first-order valence-electron chi connectivity index (χ1n) is 3.94. The molecule has 4 nitrogen and oxygen atoms in total. The van der Waals surface area contributed by atoms with Gasteiger partial charge in [-0.05, 0) is 6.07 Å². The lowest BCUT2D eigenvalue weighted by Gasteiger charge is -1.87. The number of hydrogen-bond donors (Lipinski definition) is 1. The molecule has 1 aromatic carbocycles. The predicted octanol–water partition coefficient (Wildman–Crippen LogP) is 1.52. The van der Waals surface area contributed by atoms with E-state index >= 15 is 0 Å². The van der Waals surface area contributed by atoms with Crippen LogP contribution in [0.5, 0.6) is 5.95 Å². The fourth-order valence-corrected chi connectivity index (χ4v) is 1.31. The summed E-state index contributed by atoms with van der Waals surface area (Å²) in [4.78, 5) is 21.3. The average Bonchev–Trinajstić information content (AvgIpc) is 2.56. The molecule has 0 spiro atoms. The number of aromatic hydroxyl groups is 1. The number of carbonyl (C=O) groups is 2. The zero-order valence-electron chi connectivity index (χ0n) is 7.06. The molecule has 0 unspecified atom stereocenters. The lowest BCUT2D eigenvalue weighted by molar-refractivity contribution is -0.104. The van der Waals surface area contributed by atoms with Crippen LogP contribution < -0.4 is 0 Å². The minimum absolute atomic E-state index is 0.117. The molecule has 0 radical (unpaired) electrons. The zero-order valence-corrected chi connectivity index (χ0v) is 7.06. The van der Waals surface area contributed by atoms with Crippen LogP contribution in [0.3, 0.4) is 0 Å². The van der Waals surface area contributed by atoms with Crippen LogP contribution in [0, 0.1) is 0 Å². The Morgan fingerprint density at radius 3 is 2.57 bits per heavy atom. The van der Waals surface area contributed by atoms with E-state index in [-0.39, 0.29) is 18.0 Å². The third-order valence-electron chi connectivity index (χ3n) is 1.93. The number of furan rings is 1. The van der Waals surface area contributed by atoms with Gasteiger partial charge in [-0.2, -0.15) is 0 Å². The second kappa shape index (κ2) is 2.99. The van der Waals surface area contributed by atoms with E-state index in [2.05, 4.69) is 0 Å². The van der Waals surface area contributed by atoms with Crippen LogP contribution in [0.2, 0.25) is 0 Å². The van der Waals surface area contributed by atoms with Crippen molar-refractivity contribution in [2.24, 2.45) is 0 Å². The first kappa shape index (κ1) is 8.50. The molecule has 2 rings (SSSR count). The normalized spacial score (nSPS) is 10.3. The van der Waals surface area contributed by atoms with Gasteiger partial charge in [0.1, 0.15) is 0 Å². The Kier molecular flexibility index (Phi) is 1.81. The number of ketones is 1. The summed E-state index contributed by atoms with van der Waals surface area (Å²) in [6.07, 6.45) is 0.157. The monoisotopic (exact) mass is 190 g/mol. The summed E-state index contributed by atoms with van der Waals surface area (Å²) in [7, 11) is 0. The lowest BCUT2D eigenvalue weighted by atomic mass is 10.1. The number of aldehydes is 1. The Hall–Kier alpha value is -2.10. The van der Waals surface area contributed by atoms with E-state index in [1.54, 1.807) is 24.3 Å². The van der Waals surface area contributed by atoms with Crippen LogP contribution in [0.15, 0.2) is 28.7 Å². The molecule has 0 atom stereocenters. The Balaban J connectivity index is 2.78. The van der Waals surface area contributed by atoms with Crippen molar-refractivity contribution in [3.63, 3.8) is 0 Å². The number of hydrogen-bond acceptors (Lipinski definition) is 4. The summed E-state index contributed by atoms with van der Waals surface area (Å²) >= 11 is 0. The maximum absolute atomic E-state index is 11.1. The van der Waals surface area contributed by atoms with Crippen LogP contribution in [0.4, 0.5) is 0 Å². The maximum atomic E-state index is 11.1. The highest BCUT2D eigenvalue weighted by molar-refractivity contribution is 6.35. The molecular formula is C10H6O4. The molecule has 2 aromatic rings. The molecular weight excluding hydrogens is 184 g/mol. The number of carbonyl (C=O) groups excluding carboxylic acids is 2. The number of Topliss-reactive ketones (excluding diaryl/α,β-unsaturated/α-hetero) is 1. The number of rotatable bonds is 2. The second-order valence-electron chi connectivity index (χ2n) is 2.76. The second-order valence-corrected chi connectivity index (χ2v) is 2.76. The number of benzene rings is 1. The molecule has 1 heterocycles. The Morgan fingerprint density at radius 2 is 1.93 bits per heavy atom. The molecule has 0 saturated carbocycles. The van der Waals surface area contributed by atoms with Crippen molar-refractivity contribution in [2.45, 2.75) is 0 Å². The third kappa shape index (κ3) is 1.08. The average molecular weight is 190 g/mol. The van der Waals surface area contributed by atoms with Crippen LogP contribution >= 0.6 is 0 Å². The van der Waals surface area contributed by atoms with Crippen molar-refractivity contribution in [1.29, 1.82) is 0 Å². The quantitative estimate of drug-likeness (QED) is 0.443. The van der Waals surface area contributed by atoms with Crippen LogP contribution in [-0.4, -0.2) is 17.2 Å². The van der Waals surface area contributed by atoms with E-state index in [9.17, 15) is 14.7 Å². The first-order chi connectivity index (χ1) is 6.74. The van der Waals surface area contributed by atoms with E-state index in [4.69, 9.17) is 4.42 Å². The maximum Gasteiger partial charge on any atom is 0.290 e. The topological polar surface area (TPSA) is 67.5 Å². The minimum Gasteiger partial charge on any atom is -0.480 e. The third-order valence-corrected chi connectivity index (χ3v) is 1.93. The van der Waals surface area contributed by atoms with Crippen LogP contribution in [0.25, 0.3) is 10.8 Å². The van der Waals surface area contributed by atoms with Crippen molar-refractivity contribution < 1.29 is 19.1 Å². The molecule has 0 fully saturated rings. The summed E-state index contributed by atoms with van der Waals surface area (Å²) < 4.78 is 4.79. The van der Waals surface area contributed by atoms with Gasteiger partial charge in [0.2, 0.25) is 0 Å². The van der Waals surface area contributed by atoms with E-state index < -0.39 is 5.78 Å². The molecule has 0 bridgehead atoms. The molecule has 0 aliphatic rings. The van der Waals surface area contributed by atoms with Gasteiger partial charge in [-0.3, -0.25) is 9.59 Å². The highest BCUT2D eigenvalue weighted by Gasteiger charge is 2.17. The summed E-state index contributed by atoms with van der Waals surface area (Å²) in [6.45, 7) is 0. The summed E-state index contributed by atoms with van der Waals surface area (Å²) in [5.41, 5.74) is 0. The molecule has 0 aliphatic heterocycles. The Labute approximate surface area is 78.8 Å². The van der Waals surface area contributed by atoms with E-state index in [0.717, 1.165) is 0 Å². The number of fused-ring (bicyclic) bond motifs is 1. The smallest absolute Gasteiger partial charge is 0.290 e. The molecule has 1 aromatic heterocycles. The van der Waals surface area contributed by atoms with E-state index in [1.807, 2.05) is 0 Å². The highest BCUT2D eigenvalue weighted by Crippen LogP contribution is 2.30. The van der Waals surface area contributed by atoms with Gasteiger partial charge in [-0.15, -0.1) is 0 Å². The summed E-state index contributed by atoms with van der Waals surface area (Å²) in [5, 5.41) is 10.2. The van der Waals surface area contributed by atoms with Gasteiger partial charge in [0.05, 0.1) is 5.39 Å². The van der Waals surface area contributed by atoms with Crippen molar-refractivity contribution >= 4 is 22.8 Å². The van der Waals surface area contributed by atoms with Crippen LogP contribution in [-0.2, 0) is 4.79 Å². The minimum atomic E-state index is -0.776. The standard InChI is InChI=1S/C10H6O4/c11-5-8(12)9-6-3-1-2-4-7(6)10(13)14-9/h1-5,13H. The van der Waals surface area contributed by atoms with Crippen molar-refractivity contribution in [2.75, 3.05) is 0 Å². The molecule has 0 saturated heterocycles. The van der Waals surface area contributed by atoms with Gasteiger partial charge in [-0.1, -0.05) is 18.2 Å².